The lowest BCUT2D eigenvalue weighted by atomic mass is 9.70. The number of hydrogen-bond donors (Lipinski definition) is 0. The van der Waals surface area contributed by atoms with Crippen molar-refractivity contribution in [2.75, 3.05) is 46.3 Å². The fraction of sp³-hybridized carbons (Fsp3) is 0.619. The molecular formula is C21H31N3O2. The van der Waals surface area contributed by atoms with Gasteiger partial charge in [-0.2, -0.15) is 0 Å². The standard InChI is InChI=1S/C21H31N3O2/c1-17(20(26)24-15-13-22(3)14-16-24)23-11-9-21(10-12-23,18(2)25)19-7-5-4-6-8-19/h4-8,17H,9-16H2,1-3H3. The highest BCUT2D eigenvalue weighted by Crippen LogP contribution is 2.37. The van der Waals surface area contributed by atoms with Gasteiger partial charge in [-0.25, -0.2) is 0 Å². The minimum Gasteiger partial charge on any atom is -0.339 e. The molecule has 1 atom stereocenters. The Labute approximate surface area is 156 Å². The van der Waals surface area contributed by atoms with E-state index in [4.69, 9.17) is 0 Å². The maximum Gasteiger partial charge on any atom is 0.239 e. The van der Waals surface area contributed by atoms with Gasteiger partial charge < -0.3 is 9.80 Å². The minimum absolute atomic E-state index is 0.112. The lowest BCUT2D eigenvalue weighted by Crippen LogP contribution is -2.56. The fourth-order valence-electron chi connectivity index (χ4n) is 4.34. The van der Waals surface area contributed by atoms with Crippen LogP contribution in [0.25, 0.3) is 0 Å². The van der Waals surface area contributed by atoms with Gasteiger partial charge in [-0.15, -0.1) is 0 Å². The number of nitrogens with zero attached hydrogens (tertiary/aromatic N) is 3. The van der Waals surface area contributed by atoms with Gasteiger partial charge in [0.25, 0.3) is 0 Å². The number of piperidine rings is 1. The summed E-state index contributed by atoms with van der Waals surface area (Å²) in [5.74, 6) is 0.467. The number of ketones is 1. The van der Waals surface area contributed by atoms with Crippen LogP contribution in [0.2, 0.25) is 0 Å². The maximum absolute atomic E-state index is 12.9. The number of carbonyl (C=O) groups excluding carboxylic acids is 2. The molecule has 0 N–H and O–H groups in total. The Morgan fingerprint density at radius 2 is 1.54 bits per heavy atom. The highest BCUT2D eigenvalue weighted by atomic mass is 16.2. The van der Waals surface area contributed by atoms with E-state index < -0.39 is 5.41 Å². The van der Waals surface area contributed by atoms with Gasteiger partial charge in [0.05, 0.1) is 11.5 Å². The van der Waals surface area contributed by atoms with Crippen LogP contribution in [0.1, 0.15) is 32.3 Å². The number of rotatable bonds is 4. The van der Waals surface area contributed by atoms with E-state index in [2.05, 4.69) is 29.0 Å². The number of likely N-dealkylation sites (tertiary alicyclic amines) is 1. The molecule has 0 radical (unpaired) electrons. The van der Waals surface area contributed by atoms with Gasteiger partial charge >= 0.3 is 0 Å². The van der Waals surface area contributed by atoms with E-state index in [0.29, 0.717) is 0 Å². The third-order valence-corrected chi connectivity index (χ3v) is 6.37. The number of amides is 1. The van der Waals surface area contributed by atoms with Crippen LogP contribution in [0.4, 0.5) is 0 Å². The van der Waals surface area contributed by atoms with E-state index in [9.17, 15) is 9.59 Å². The van der Waals surface area contributed by atoms with Crippen LogP contribution in [0.3, 0.4) is 0 Å². The second-order valence-electron chi connectivity index (χ2n) is 7.84. The quantitative estimate of drug-likeness (QED) is 0.824. The average molecular weight is 357 g/mol. The summed E-state index contributed by atoms with van der Waals surface area (Å²) in [5.41, 5.74) is 0.721. The van der Waals surface area contributed by atoms with Gasteiger partial charge in [-0.1, -0.05) is 30.3 Å². The number of carbonyl (C=O) groups is 2. The van der Waals surface area contributed by atoms with Gasteiger partial charge in [0.15, 0.2) is 0 Å². The fourth-order valence-corrected chi connectivity index (χ4v) is 4.34. The third kappa shape index (κ3) is 3.69. The van der Waals surface area contributed by atoms with Crippen molar-refractivity contribution in [3.8, 4) is 0 Å². The third-order valence-electron chi connectivity index (χ3n) is 6.37. The molecule has 1 unspecified atom stereocenters. The van der Waals surface area contributed by atoms with Crippen LogP contribution < -0.4 is 0 Å². The predicted molar refractivity (Wildman–Crippen MR) is 103 cm³/mol. The van der Waals surface area contributed by atoms with E-state index in [0.717, 1.165) is 57.7 Å². The lowest BCUT2D eigenvalue weighted by Gasteiger charge is -2.43. The van der Waals surface area contributed by atoms with E-state index in [1.165, 1.54) is 0 Å². The number of benzene rings is 1. The Balaban J connectivity index is 1.65. The molecule has 1 amide bonds. The van der Waals surface area contributed by atoms with Crippen molar-refractivity contribution in [3.05, 3.63) is 35.9 Å². The van der Waals surface area contributed by atoms with E-state index in [-0.39, 0.29) is 17.7 Å². The van der Waals surface area contributed by atoms with E-state index >= 15 is 0 Å². The SMILES string of the molecule is CC(=O)C1(c2ccccc2)CCN(C(C)C(=O)N2CCN(C)CC2)CC1. The average Bonchev–Trinajstić information content (AvgIpc) is 2.68. The molecule has 0 spiro atoms. The zero-order chi connectivity index (χ0) is 18.7. The van der Waals surface area contributed by atoms with E-state index in [1.54, 1.807) is 6.92 Å². The molecule has 142 valence electrons. The molecule has 2 fully saturated rings. The van der Waals surface area contributed by atoms with Gasteiger partial charge in [0.1, 0.15) is 5.78 Å². The second kappa shape index (κ2) is 7.89. The first-order valence-corrected chi connectivity index (χ1v) is 9.72. The van der Waals surface area contributed by atoms with Crippen LogP contribution in [-0.2, 0) is 15.0 Å². The monoisotopic (exact) mass is 357 g/mol. The molecule has 1 aromatic carbocycles. The molecule has 5 heteroatoms. The van der Waals surface area contributed by atoms with Gasteiger partial charge in [-0.05, 0) is 39.3 Å². The zero-order valence-corrected chi connectivity index (χ0v) is 16.3. The summed E-state index contributed by atoms with van der Waals surface area (Å²) in [5, 5.41) is 0. The van der Waals surface area contributed by atoms with Crippen molar-refractivity contribution in [2.45, 2.75) is 38.1 Å². The molecule has 0 saturated carbocycles. The Morgan fingerprint density at radius 1 is 0.962 bits per heavy atom. The van der Waals surface area contributed by atoms with Crippen LogP contribution in [-0.4, -0.2) is 78.7 Å². The Bertz CT molecular complexity index is 630. The summed E-state index contributed by atoms with van der Waals surface area (Å²) >= 11 is 0. The molecule has 0 bridgehead atoms. The van der Waals surface area contributed by atoms with Crippen LogP contribution in [0.15, 0.2) is 30.3 Å². The van der Waals surface area contributed by atoms with Crippen molar-refractivity contribution in [1.82, 2.24) is 14.7 Å². The summed E-state index contributed by atoms with van der Waals surface area (Å²) in [4.78, 5) is 31.9. The summed E-state index contributed by atoms with van der Waals surface area (Å²) in [6.07, 6.45) is 1.57. The first-order chi connectivity index (χ1) is 12.4. The lowest BCUT2D eigenvalue weighted by molar-refractivity contribution is -0.139. The van der Waals surface area contributed by atoms with Gasteiger partial charge in [0, 0.05) is 39.3 Å². The predicted octanol–water partition coefficient (Wildman–Crippen LogP) is 1.77. The molecular weight excluding hydrogens is 326 g/mol. The van der Waals surface area contributed by atoms with Crippen molar-refractivity contribution < 1.29 is 9.59 Å². The summed E-state index contributed by atoms with van der Waals surface area (Å²) < 4.78 is 0. The first-order valence-electron chi connectivity index (χ1n) is 9.72. The minimum atomic E-state index is -0.394. The Kier molecular flexibility index (Phi) is 5.78. The van der Waals surface area contributed by atoms with Crippen LogP contribution >= 0.6 is 0 Å². The molecule has 2 aliphatic rings. The van der Waals surface area contributed by atoms with Crippen molar-refractivity contribution in [1.29, 1.82) is 0 Å². The van der Waals surface area contributed by atoms with Gasteiger partial charge in [-0.3, -0.25) is 14.5 Å². The number of Topliss-reactive ketones (excluding diaryl/α,β-unsaturated/α-hetero) is 1. The van der Waals surface area contributed by atoms with E-state index in [1.807, 2.05) is 30.0 Å². The molecule has 26 heavy (non-hydrogen) atoms. The topological polar surface area (TPSA) is 43.9 Å². The highest BCUT2D eigenvalue weighted by molar-refractivity contribution is 5.88. The van der Waals surface area contributed by atoms with Crippen molar-refractivity contribution in [3.63, 3.8) is 0 Å². The van der Waals surface area contributed by atoms with Crippen molar-refractivity contribution >= 4 is 11.7 Å². The molecule has 3 rings (SSSR count). The maximum atomic E-state index is 12.9. The van der Waals surface area contributed by atoms with Crippen molar-refractivity contribution in [2.24, 2.45) is 0 Å². The Morgan fingerprint density at radius 3 is 2.08 bits per heavy atom. The summed E-state index contributed by atoms with van der Waals surface area (Å²) in [7, 11) is 2.10. The molecule has 5 nitrogen and oxygen atoms in total. The van der Waals surface area contributed by atoms with Crippen LogP contribution in [0, 0.1) is 0 Å². The number of hydrogen-bond acceptors (Lipinski definition) is 4. The zero-order valence-electron chi connectivity index (χ0n) is 16.3. The summed E-state index contributed by atoms with van der Waals surface area (Å²) in [6, 6.07) is 10.0. The number of piperazine rings is 1. The Hall–Kier alpha value is -1.72. The first kappa shape index (κ1) is 19.1. The molecule has 2 heterocycles. The second-order valence-corrected chi connectivity index (χ2v) is 7.84. The molecule has 2 saturated heterocycles. The molecule has 0 aliphatic carbocycles. The summed E-state index contributed by atoms with van der Waals surface area (Å²) in [6.45, 7) is 8.82. The number of likely N-dealkylation sites (N-methyl/N-ethyl adjacent to an activating group) is 1. The van der Waals surface area contributed by atoms with Gasteiger partial charge in [0.2, 0.25) is 5.91 Å². The molecule has 1 aromatic rings. The smallest absolute Gasteiger partial charge is 0.239 e. The largest absolute Gasteiger partial charge is 0.339 e. The van der Waals surface area contributed by atoms with Crippen LogP contribution in [0.5, 0.6) is 0 Å². The molecule has 0 aromatic heterocycles. The normalized spacial score (nSPS) is 22.8. The molecule has 2 aliphatic heterocycles. The highest BCUT2D eigenvalue weighted by Gasteiger charge is 2.42.